The first-order chi connectivity index (χ1) is 13.1. The third-order valence-electron chi connectivity index (χ3n) is 5.25. The van der Waals surface area contributed by atoms with Crippen LogP contribution in [0, 0.1) is 12.7 Å². The number of carbonyl (C=O) groups excluding carboxylic acids is 1. The van der Waals surface area contributed by atoms with Gasteiger partial charge >= 0.3 is 0 Å². The molecule has 6 heteroatoms. The van der Waals surface area contributed by atoms with E-state index in [4.69, 9.17) is 11.6 Å². The largest absolute Gasteiger partial charge is 0.333 e. The summed E-state index contributed by atoms with van der Waals surface area (Å²) in [5, 5.41) is 1.43. The number of aryl methyl sites for hydroxylation is 2. The summed E-state index contributed by atoms with van der Waals surface area (Å²) in [5.74, 6) is 0.491. The topological polar surface area (TPSA) is 38.1 Å². The number of hydrogen-bond acceptors (Lipinski definition) is 2. The fraction of sp³-hybridized carbons (Fsp3) is 0.333. The van der Waals surface area contributed by atoms with Gasteiger partial charge in [-0.05, 0) is 18.7 Å². The molecular formula is C21H21ClFN3O. The van der Waals surface area contributed by atoms with E-state index in [2.05, 4.69) is 9.55 Å². The Morgan fingerprint density at radius 2 is 2.15 bits per heavy atom. The monoisotopic (exact) mass is 385 g/mol. The predicted molar refractivity (Wildman–Crippen MR) is 104 cm³/mol. The van der Waals surface area contributed by atoms with Gasteiger partial charge in [0.05, 0.1) is 11.7 Å². The van der Waals surface area contributed by atoms with Crippen molar-refractivity contribution in [1.82, 2.24) is 14.5 Å². The van der Waals surface area contributed by atoms with Crippen molar-refractivity contribution in [2.75, 3.05) is 5.88 Å². The smallest absolute Gasteiger partial charge is 0.238 e. The Balaban J connectivity index is 1.64. The lowest BCUT2D eigenvalue weighted by atomic mass is 10.0. The van der Waals surface area contributed by atoms with Gasteiger partial charge < -0.3 is 9.47 Å². The third kappa shape index (κ3) is 3.44. The summed E-state index contributed by atoms with van der Waals surface area (Å²) in [5.41, 5.74) is 1.49. The Morgan fingerprint density at radius 1 is 1.33 bits per heavy atom. The van der Waals surface area contributed by atoms with Crippen LogP contribution < -0.4 is 0 Å². The Kier molecular flexibility index (Phi) is 4.87. The number of nitrogens with zero attached hydrogens (tertiary/aromatic N) is 3. The average Bonchev–Trinajstić information content (AvgIpc) is 3.06. The van der Waals surface area contributed by atoms with Crippen molar-refractivity contribution in [1.29, 1.82) is 0 Å². The first-order valence-electron chi connectivity index (χ1n) is 9.11. The van der Waals surface area contributed by atoms with Gasteiger partial charge in [-0.25, -0.2) is 9.37 Å². The molecule has 0 saturated carbocycles. The molecule has 3 aromatic rings. The fourth-order valence-corrected chi connectivity index (χ4v) is 4.06. The minimum absolute atomic E-state index is 0.0248. The lowest BCUT2D eigenvalue weighted by Gasteiger charge is -2.35. The summed E-state index contributed by atoms with van der Waals surface area (Å²) in [6, 6.07) is 11.0. The van der Waals surface area contributed by atoms with Crippen LogP contribution in [0.3, 0.4) is 0 Å². The molecule has 0 radical (unpaired) electrons. The summed E-state index contributed by atoms with van der Waals surface area (Å²) < 4.78 is 17.1. The molecule has 140 valence electrons. The SMILES string of the molecule is Cc1cn2c(n1)CCC(N(Cc1ccc3ccccc3c1F)C(=O)CCl)C2. The van der Waals surface area contributed by atoms with Crippen LogP contribution in [0.25, 0.3) is 10.8 Å². The van der Waals surface area contributed by atoms with E-state index in [-0.39, 0.29) is 30.2 Å². The number of fused-ring (bicyclic) bond motifs is 2. The standard InChI is InChI=1S/C21H21ClFN3O/c1-14-11-25-13-17(8-9-19(25)24-14)26(20(27)10-22)12-16-7-6-15-4-2-3-5-18(15)21(16)23/h2-7,11,17H,8-10,12-13H2,1H3. The van der Waals surface area contributed by atoms with Crippen molar-refractivity contribution in [3.05, 3.63) is 65.5 Å². The van der Waals surface area contributed by atoms with Crippen molar-refractivity contribution in [2.45, 2.75) is 38.9 Å². The maximum absolute atomic E-state index is 15.0. The molecule has 27 heavy (non-hydrogen) atoms. The molecule has 2 heterocycles. The summed E-state index contributed by atoms with van der Waals surface area (Å²) in [4.78, 5) is 18.8. The van der Waals surface area contributed by atoms with E-state index >= 15 is 4.39 Å². The first kappa shape index (κ1) is 18.0. The number of hydrogen-bond donors (Lipinski definition) is 0. The number of rotatable bonds is 4. The van der Waals surface area contributed by atoms with Crippen molar-refractivity contribution >= 4 is 28.3 Å². The van der Waals surface area contributed by atoms with Crippen LogP contribution in [0.5, 0.6) is 0 Å². The van der Waals surface area contributed by atoms with Crippen LogP contribution in [0.2, 0.25) is 0 Å². The van der Waals surface area contributed by atoms with Crippen molar-refractivity contribution < 1.29 is 9.18 Å². The Hall–Kier alpha value is -2.40. The zero-order valence-electron chi connectivity index (χ0n) is 15.2. The molecule has 0 bridgehead atoms. The summed E-state index contributed by atoms with van der Waals surface area (Å²) >= 11 is 5.87. The van der Waals surface area contributed by atoms with E-state index in [0.717, 1.165) is 29.7 Å². The Bertz CT molecular complexity index is 1000. The lowest BCUT2D eigenvalue weighted by Crippen LogP contribution is -2.45. The number of halogens is 2. The van der Waals surface area contributed by atoms with E-state index in [0.29, 0.717) is 17.5 Å². The number of benzene rings is 2. The number of aromatic nitrogens is 2. The molecule has 4 rings (SSSR count). The number of carbonyl (C=O) groups is 1. The molecule has 1 aliphatic rings. The van der Waals surface area contributed by atoms with Gasteiger partial charge in [0.15, 0.2) is 0 Å². The summed E-state index contributed by atoms with van der Waals surface area (Å²) in [6.45, 7) is 2.84. The molecule has 4 nitrogen and oxygen atoms in total. The second kappa shape index (κ2) is 7.31. The molecule has 0 N–H and O–H groups in total. The van der Waals surface area contributed by atoms with Gasteiger partial charge in [-0.2, -0.15) is 0 Å². The molecule has 1 unspecified atom stereocenters. The zero-order chi connectivity index (χ0) is 19.0. The summed E-state index contributed by atoms with van der Waals surface area (Å²) in [6.07, 6.45) is 3.60. The van der Waals surface area contributed by atoms with Crippen LogP contribution in [0.4, 0.5) is 4.39 Å². The van der Waals surface area contributed by atoms with Crippen molar-refractivity contribution in [3.8, 4) is 0 Å². The molecular weight excluding hydrogens is 365 g/mol. The number of amides is 1. The van der Waals surface area contributed by atoms with E-state index < -0.39 is 0 Å². The van der Waals surface area contributed by atoms with E-state index in [1.54, 1.807) is 17.0 Å². The minimum atomic E-state index is -0.268. The average molecular weight is 386 g/mol. The Labute approximate surface area is 162 Å². The van der Waals surface area contributed by atoms with Crippen LogP contribution in [0.1, 0.15) is 23.5 Å². The molecule has 0 fully saturated rings. The third-order valence-corrected chi connectivity index (χ3v) is 5.48. The minimum Gasteiger partial charge on any atom is -0.333 e. The van der Waals surface area contributed by atoms with Crippen molar-refractivity contribution in [2.24, 2.45) is 0 Å². The highest BCUT2D eigenvalue weighted by molar-refractivity contribution is 6.27. The first-order valence-corrected chi connectivity index (χ1v) is 9.64. The second-order valence-electron chi connectivity index (χ2n) is 7.06. The van der Waals surface area contributed by atoms with Gasteiger partial charge in [0.1, 0.15) is 17.5 Å². The second-order valence-corrected chi connectivity index (χ2v) is 7.33. The molecule has 1 atom stereocenters. The predicted octanol–water partition coefficient (Wildman–Crippen LogP) is 4.07. The van der Waals surface area contributed by atoms with Gasteiger partial charge in [-0.1, -0.05) is 36.4 Å². The fourth-order valence-electron chi connectivity index (χ4n) is 3.90. The van der Waals surface area contributed by atoms with E-state index in [1.165, 1.54) is 0 Å². The highest BCUT2D eigenvalue weighted by atomic mass is 35.5. The molecule has 1 amide bonds. The molecule has 1 aromatic heterocycles. The van der Waals surface area contributed by atoms with E-state index in [1.807, 2.05) is 37.4 Å². The van der Waals surface area contributed by atoms with E-state index in [9.17, 15) is 4.79 Å². The number of imidazole rings is 1. The zero-order valence-corrected chi connectivity index (χ0v) is 15.9. The quantitative estimate of drug-likeness (QED) is 0.635. The molecule has 1 aliphatic heterocycles. The van der Waals surface area contributed by atoms with Crippen LogP contribution in [0.15, 0.2) is 42.6 Å². The van der Waals surface area contributed by atoms with Gasteiger partial charge in [0.2, 0.25) is 5.91 Å². The molecule has 0 aliphatic carbocycles. The van der Waals surface area contributed by atoms with Gasteiger partial charge in [-0.3, -0.25) is 4.79 Å². The lowest BCUT2D eigenvalue weighted by molar-refractivity contribution is -0.132. The maximum Gasteiger partial charge on any atom is 0.238 e. The van der Waals surface area contributed by atoms with Crippen LogP contribution >= 0.6 is 11.6 Å². The summed E-state index contributed by atoms with van der Waals surface area (Å²) in [7, 11) is 0. The van der Waals surface area contributed by atoms with Gasteiger partial charge in [0, 0.05) is 36.7 Å². The van der Waals surface area contributed by atoms with Crippen molar-refractivity contribution in [3.63, 3.8) is 0 Å². The molecule has 0 saturated heterocycles. The van der Waals surface area contributed by atoms with Gasteiger partial charge in [0.25, 0.3) is 0 Å². The van der Waals surface area contributed by atoms with Crippen LogP contribution in [-0.2, 0) is 24.3 Å². The highest BCUT2D eigenvalue weighted by Crippen LogP contribution is 2.25. The maximum atomic E-state index is 15.0. The number of alkyl halides is 1. The molecule has 0 spiro atoms. The molecule has 2 aromatic carbocycles. The Morgan fingerprint density at radius 3 is 2.96 bits per heavy atom. The van der Waals surface area contributed by atoms with Crippen LogP contribution in [-0.4, -0.2) is 32.3 Å². The normalized spacial score (nSPS) is 16.3. The van der Waals surface area contributed by atoms with Gasteiger partial charge in [-0.15, -0.1) is 11.6 Å². The highest BCUT2D eigenvalue weighted by Gasteiger charge is 2.29.